The number of halogens is 3. The highest BCUT2D eigenvalue weighted by atomic mass is 19.4. The Labute approximate surface area is 180 Å². The molecule has 1 aliphatic carbocycles. The molecule has 0 unspecified atom stereocenters. The van der Waals surface area contributed by atoms with Crippen LogP contribution in [0.5, 0.6) is 0 Å². The highest BCUT2D eigenvalue weighted by molar-refractivity contribution is 5.84. The monoisotopic (exact) mass is 431 g/mol. The molecule has 5 nitrogen and oxygen atoms in total. The molecule has 0 atom stereocenters. The lowest BCUT2D eigenvalue weighted by Crippen LogP contribution is -2.14. The molecule has 0 fully saturated rings. The number of fused-ring (bicyclic) bond motifs is 2. The Kier molecular flexibility index (Phi) is 4.62. The van der Waals surface area contributed by atoms with Gasteiger partial charge in [0.05, 0.1) is 50.9 Å². The van der Waals surface area contributed by atoms with Gasteiger partial charge < -0.3 is 9.88 Å². The van der Waals surface area contributed by atoms with E-state index in [4.69, 9.17) is 10.4 Å². The molecular weight excluding hydrogens is 415 g/mol. The van der Waals surface area contributed by atoms with Crippen LogP contribution in [0.15, 0.2) is 85.2 Å². The van der Waals surface area contributed by atoms with Crippen molar-refractivity contribution < 1.29 is 13.2 Å². The predicted octanol–water partition coefficient (Wildman–Crippen LogP) is 5.77. The summed E-state index contributed by atoms with van der Waals surface area (Å²) in [5.41, 5.74) is 3.75. The Bertz CT molecular complexity index is 1440. The van der Waals surface area contributed by atoms with Crippen molar-refractivity contribution in [1.29, 1.82) is 5.41 Å². The predicted molar refractivity (Wildman–Crippen MR) is 116 cm³/mol. The maximum atomic E-state index is 13.1. The number of hydrogen-bond acceptors (Lipinski definition) is 4. The van der Waals surface area contributed by atoms with Crippen LogP contribution in [0.4, 0.5) is 24.5 Å². The molecular formula is C24H16F3N5. The van der Waals surface area contributed by atoms with Crippen LogP contribution in [-0.2, 0) is 6.18 Å². The molecule has 3 aromatic rings. The van der Waals surface area contributed by atoms with Crippen LogP contribution in [0, 0.1) is 5.41 Å². The Morgan fingerprint density at radius 2 is 1.69 bits per heavy atom. The smallest absolute Gasteiger partial charge is 0.352 e. The van der Waals surface area contributed by atoms with E-state index in [0.717, 1.165) is 23.3 Å². The number of anilines is 2. The summed E-state index contributed by atoms with van der Waals surface area (Å²) in [5.74, 6) is 0. The van der Waals surface area contributed by atoms with Crippen molar-refractivity contribution in [3.63, 3.8) is 0 Å². The van der Waals surface area contributed by atoms with Crippen LogP contribution >= 0.6 is 0 Å². The van der Waals surface area contributed by atoms with Crippen molar-refractivity contribution in [3.05, 3.63) is 96.1 Å². The number of para-hydroxylation sites is 2. The van der Waals surface area contributed by atoms with Gasteiger partial charge in [-0.2, -0.15) is 13.2 Å². The van der Waals surface area contributed by atoms with Gasteiger partial charge in [0.1, 0.15) is 0 Å². The van der Waals surface area contributed by atoms with Gasteiger partial charge in [-0.1, -0.05) is 12.1 Å². The van der Waals surface area contributed by atoms with Gasteiger partial charge in [0.2, 0.25) is 0 Å². The topological polar surface area (TPSA) is 66.6 Å². The minimum Gasteiger partial charge on any atom is -0.352 e. The van der Waals surface area contributed by atoms with E-state index in [1.807, 2.05) is 34.9 Å². The molecule has 0 radical (unpaired) electrons. The minimum absolute atomic E-state index is 0.221. The first-order chi connectivity index (χ1) is 15.4. The zero-order chi connectivity index (χ0) is 22.3. The highest BCUT2D eigenvalue weighted by Crippen LogP contribution is 2.33. The summed E-state index contributed by atoms with van der Waals surface area (Å²) < 4.78 is 41.0. The Morgan fingerprint density at radius 1 is 0.906 bits per heavy atom. The van der Waals surface area contributed by atoms with E-state index in [9.17, 15) is 13.2 Å². The Morgan fingerprint density at radius 3 is 2.41 bits per heavy atom. The van der Waals surface area contributed by atoms with E-state index < -0.39 is 11.7 Å². The summed E-state index contributed by atoms with van der Waals surface area (Å²) in [6.45, 7) is 0. The molecule has 2 heterocycles. The average Bonchev–Trinajstić information content (AvgIpc) is 2.78. The van der Waals surface area contributed by atoms with E-state index in [-0.39, 0.29) is 5.36 Å². The summed E-state index contributed by atoms with van der Waals surface area (Å²) in [6, 6.07) is 19.4. The number of rotatable bonds is 3. The molecule has 2 aromatic carbocycles. The van der Waals surface area contributed by atoms with Crippen molar-refractivity contribution in [3.8, 4) is 17.1 Å². The zero-order valence-corrected chi connectivity index (χ0v) is 16.6. The van der Waals surface area contributed by atoms with Crippen LogP contribution in [-0.4, -0.2) is 14.5 Å². The number of pyridine rings is 1. The molecule has 1 aromatic heterocycles. The molecule has 32 heavy (non-hydrogen) atoms. The fourth-order valence-corrected chi connectivity index (χ4v) is 3.63. The summed E-state index contributed by atoms with van der Waals surface area (Å²) >= 11 is 0. The van der Waals surface area contributed by atoms with Crippen LogP contribution in [0.25, 0.3) is 28.1 Å². The third-order valence-electron chi connectivity index (χ3n) is 5.11. The number of aromatic nitrogens is 3. The van der Waals surface area contributed by atoms with Gasteiger partial charge in [0.15, 0.2) is 0 Å². The molecule has 8 heteroatoms. The van der Waals surface area contributed by atoms with Gasteiger partial charge in [-0.15, -0.1) is 0 Å². The van der Waals surface area contributed by atoms with Crippen molar-refractivity contribution in [2.24, 2.45) is 0 Å². The second-order valence-corrected chi connectivity index (χ2v) is 7.23. The number of nitrogens with zero attached hydrogens (tertiary/aromatic N) is 3. The Balaban J connectivity index is 1.72. The number of alkyl halides is 3. The van der Waals surface area contributed by atoms with Gasteiger partial charge >= 0.3 is 6.18 Å². The lowest BCUT2D eigenvalue weighted by Gasteiger charge is -2.20. The second-order valence-electron chi connectivity index (χ2n) is 7.23. The fraction of sp³-hybridized carbons (Fsp3) is 0.0417. The molecule has 2 aliphatic rings. The summed E-state index contributed by atoms with van der Waals surface area (Å²) in [7, 11) is 0. The molecule has 5 rings (SSSR count). The normalized spacial score (nSPS) is 11.7. The minimum atomic E-state index is -4.41. The van der Waals surface area contributed by atoms with Crippen LogP contribution < -0.4 is 10.7 Å². The van der Waals surface area contributed by atoms with Gasteiger partial charge in [0.25, 0.3) is 0 Å². The summed E-state index contributed by atoms with van der Waals surface area (Å²) in [6.07, 6.45) is -1.10. The SMILES string of the molecule is N=c1cc2n(-c3ccc(C(F)(F)F)cc3)c3ccccc3nc-2cc1Nc1cccnc1. The summed E-state index contributed by atoms with van der Waals surface area (Å²) in [4.78, 5) is 8.79. The van der Waals surface area contributed by atoms with Gasteiger partial charge in [-0.25, -0.2) is 4.98 Å². The van der Waals surface area contributed by atoms with Crippen LogP contribution in [0.2, 0.25) is 0 Å². The van der Waals surface area contributed by atoms with Crippen molar-refractivity contribution in [1.82, 2.24) is 14.5 Å². The van der Waals surface area contributed by atoms with E-state index in [1.54, 1.807) is 30.6 Å². The molecule has 0 saturated carbocycles. The molecule has 0 spiro atoms. The quantitative estimate of drug-likeness (QED) is 0.357. The second kappa shape index (κ2) is 7.49. The number of nitrogens with one attached hydrogen (secondary N) is 2. The fourth-order valence-electron chi connectivity index (χ4n) is 3.63. The molecule has 0 bridgehead atoms. The first kappa shape index (κ1) is 19.7. The molecule has 0 saturated heterocycles. The van der Waals surface area contributed by atoms with Gasteiger partial charge in [-0.05, 0) is 60.7 Å². The first-order valence-corrected chi connectivity index (χ1v) is 9.75. The number of benzene rings is 3. The number of hydrogen-bond donors (Lipinski definition) is 2. The molecule has 0 amide bonds. The maximum Gasteiger partial charge on any atom is 0.416 e. The van der Waals surface area contributed by atoms with Crippen molar-refractivity contribution in [2.75, 3.05) is 5.32 Å². The zero-order valence-electron chi connectivity index (χ0n) is 16.6. The average molecular weight is 431 g/mol. The third-order valence-corrected chi connectivity index (χ3v) is 5.11. The van der Waals surface area contributed by atoms with Crippen LogP contribution in [0.3, 0.4) is 0 Å². The van der Waals surface area contributed by atoms with Gasteiger partial charge in [-0.3, -0.25) is 10.4 Å². The standard InChI is InChI=1S/C24H16F3N5/c25-24(26,27)15-7-9-17(10-8-15)32-22-6-2-1-5-19(22)31-21-13-20(18(28)12-23(21)32)30-16-4-3-11-29-14-16/h1-14,28,30H. The van der Waals surface area contributed by atoms with E-state index in [1.165, 1.54) is 12.1 Å². The van der Waals surface area contributed by atoms with Crippen molar-refractivity contribution in [2.45, 2.75) is 6.18 Å². The lowest BCUT2D eigenvalue weighted by atomic mass is 10.1. The summed E-state index contributed by atoms with van der Waals surface area (Å²) in [5, 5.41) is 11.9. The van der Waals surface area contributed by atoms with E-state index in [2.05, 4.69) is 10.3 Å². The molecule has 2 N–H and O–H groups in total. The largest absolute Gasteiger partial charge is 0.416 e. The van der Waals surface area contributed by atoms with Crippen molar-refractivity contribution >= 4 is 22.4 Å². The van der Waals surface area contributed by atoms with E-state index in [0.29, 0.717) is 28.3 Å². The highest BCUT2D eigenvalue weighted by Gasteiger charge is 2.30. The Hall–Kier alpha value is -4.20. The molecule has 1 aliphatic heterocycles. The lowest BCUT2D eigenvalue weighted by molar-refractivity contribution is -0.137. The first-order valence-electron chi connectivity index (χ1n) is 9.75. The van der Waals surface area contributed by atoms with Gasteiger partial charge in [0, 0.05) is 11.9 Å². The molecule has 158 valence electrons. The maximum absolute atomic E-state index is 13.1. The third kappa shape index (κ3) is 3.56. The van der Waals surface area contributed by atoms with E-state index >= 15 is 0 Å². The van der Waals surface area contributed by atoms with Crippen LogP contribution in [0.1, 0.15) is 5.56 Å².